The lowest BCUT2D eigenvalue weighted by atomic mass is 10.0. The average molecular weight is 450 g/mol. The van der Waals surface area contributed by atoms with Crippen LogP contribution in [-0.4, -0.2) is 44.3 Å². The van der Waals surface area contributed by atoms with E-state index >= 15 is 0 Å². The summed E-state index contributed by atoms with van der Waals surface area (Å²) in [6.07, 6.45) is 1.03. The highest BCUT2D eigenvalue weighted by atomic mass is 35.5. The van der Waals surface area contributed by atoms with Crippen molar-refractivity contribution in [3.05, 3.63) is 58.6 Å². The third kappa shape index (κ3) is 5.19. The van der Waals surface area contributed by atoms with E-state index in [4.69, 9.17) is 11.6 Å². The molecule has 0 bridgehead atoms. The number of hydrogen-bond donors (Lipinski definition) is 2. The lowest BCUT2D eigenvalue weighted by Gasteiger charge is -2.32. The first-order valence-electron chi connectivity index (χ1n) is 9.62. The highest BCUT2D eigenvalue weighted by Crippen LogP contribution is 2.23. The molecule has 30 heavy (non-hydrogen) atoms. The lowest BCUT2D eigenvalue weighted by molar-refractivity contribution is -0.114. The van der Waals surface area contributed by atoms with Gasteiger partial charge in [0, 0.05) is 42.3 Å². The number of hydrogen-bond acceptors (Lipinski definition) is 4. The van der Waals surface area contributed by atoms with E-state index in [0.717, 1.165) is 0 Å². The second-order valence-corrected chi connectivity index (χ2v) is 9.45. The molecule has 1 fully saturated rings. The van der Waals surface area contributed by atoms with Gasteiger partial charge in [0.05, 0.1) is 4.90 Å². The average Bonchev–Trinajstić information content (AvgIpc) is 2.69. The summed E-state index contributed by atoms with van der Waals surface area (Å²) in [4.78, 5) is 26.2. The van der Waals surface area contributed by atoms with Crippen LogP contribution in [-0.2, 0) is 14.8 Å². The molecule has 2 N–H and O–H groups in total. The van der Waals surface area contributed by atoms with E-state index in [2.05, 4.69) is 10.0 Å². The number of halogens is 1. The fourth-order valence-corrected chi connectivity index (χ4v) is 4.90. The Kier molecular flexibility index (Phi) is 6.80. The van der Waals surface area contributed by atoms with E-state index in [-0.39, 0.29) is 22.8 Å². The van der Waals surface area contributed by atoms with Gasteiger partial charge in [0.2, 0.25) is 15.9 Å². The SMILES string of the molecule is CC(=O)Nc1cccc(C(=O)N2CCC(NS(=O)(=O)c3ccc(Cl)cc3)CC2)c1C. The third-order valence-corrected chi connectivity index (χ3v) is 6.89. The highest BCUT2D eigenvalue weighted by Gasteiger charge is 2.28. The van der Waals surface area contributed by atoms with Crippen molar-refractivity contribution in [2.75, 3.05) is 18.4 Å². The predicted molar refractivity (Wildman–Crippen MR) is 116 cm³/mol. The monoisotopic (exact) mass is 449 g/mol. The molecule has 2 aromatic carbocycles. The summed E-state index contributed by atoms with van der Waals surface area (Å²) in [6.45, 7) is 4.10. The van der Waals surface area contributed by atoms with Crippen LogP contribution in [0.25, 0.3) is 0 Å². The van der Waals surface area contributed by atoms with Gasteiger partial charge in [0.1, 0.15) is 0 Å². The lowest BCUT2D eigenvalue weighted by Crippen LogP contribution is -2.46. The number of piperidine rings is 1. The molecule has 0 saturated carbocycles. The summed E-state index contributed by atoms with van der Waals surface area (Å²) in [7, 11) is -3.64. The molecule has 7 nitrogen and oxygen atoms in total. The number of amides is 2. The van der Waals surface area contributed by atoms with Gasteiger partial charge in [-0.2, -0.15) is 0 Å². The number of likely N-dealkylation sites (tertiary alicyclic amines) is 1. The second-order valence-electron chi connectivity index (χ2n) is 7.30. The molecule has 0 radical (unpaired) electrons. The number of nitrogens with one attached hydrogen (secondary N) is 2. The Bertz CT molecular complexity index is 1050. The minimum Gasteiger partial charge on any atom is -0.339 e. The maximum Gasteiger partial charge on any atom is 0.254 e. The van der Waals surface area contributed by atoms with Crippen molar-refractivity contribution in [1.82, 2.24) is 9.62 Å². The van der Waals surface area contributed by atoms with Crippen molar-refractivity contribution in [1.29, 1.82) is 0 Å². The smallest absolute Gasteiger partial charge is 0.254 e. The molecule has 0 spiro atoms. The van der Waals surface area contributed by atoms with Gasteiger partial charge < -0.3 is 10.2 Å². The van der Waals surface area contributed by atoms with Gasteiger partial charge in [-0.3, -0.25) is 9.59 Å². The molecular formula is C21H24ClN3O4S. The Morgan fingerprint density at radius 3 is 2.30 bits per heavy atom. The van der Waals surface area contributed by atoms with E-state index < -0.39 is 10.0 Å². The van der Waals surface area contributed by atoms with Crippen LogP contribution in [0.1, 0.15) is 35.7 Å². The van der Waals surface area contributed by atoms with Gasteiger partial charge in [-0.25, -0.2) is 13.1 Å². The number of sulfonamides is 1. The first kappa shape index (κ1) is 22.3. The zero-order chi connectivity index (χ0) is 21.9. The van der Waals surface area contributed by atoms with Crippen molar-refractivity contribution in [2.24, 2.45) is 0 Å². The van der Waals surface area contributed by atoms with Crippen molar-refractivity contribution in [3.63, 3.8) is 0 Å². The molecule has 0 aromatic heterocycles. The van der Waals surface area contributed by atoms with Gasteiger partial charge in [-0.15, -0.1) is 0 Å². The second kappa shape index (κ2) is 9.16. The quantitative estimate of drug-likeness (QED) is 0.732. The van der Waals surface area contributed by atoms with Crippen molar-refractivity contribution in [3.8, 4) is 0 Å². The molecule has 2 aromatic rings. The molecule has 2 amide bonds. The molecule has 1 heterocycles. The summed E-state index contributed by atoms with van der Waals surface area (Å²) >= 11 is 5.82. The molecular weight excluding hydrogens is 426 g/mol. The number of rotatable bonds is 5. The topological polar surface area (TPSA) is 95.6 Å². The minimum atomic E-state index is -3.64. The van der Waals surface area contributed by atoms with Gasteiger partial charge in [-0.05, 0) is 61.7 Å². The van der Waals surface area contributed by atoms with Crippen LogP contribution in [0.3, 0.4) is 0 Å². The molecule has 1 saturated heterocycles. The fourth-order valence-electron chi connectivity index (χ4n) is 3.46. The van der Waals surface area contributed by atoms with Crippen molar-refractivity contribution >= 4 is 39.1 Å². The molecule has 1 aliphatic heterocycles. The van der Waals surface area contributed by atoms with Gasteiger partial charge >= 0.3 is 0 Å². The van der Waals surface area contributed by atoms with Crippen LogP contribution in [0.15, 0.2) is 47.4 Å². The number of benzene rings is 2. The van der Waals surface area contributed by atoms with Crippen LogP contribution in [0, 0.1) is 6.92 Å². The predicted octanol–water partition coefficient (Wildman–Crippen LogP) is 3.19. The summed E-state index contributed by atoms with van der Waals surface area (Å²) in [5.41, 5.74) is 1.85. The van der Waals surface area contributed by atoms with Crippen LogP contribution in [0.5, 0.6) is 0 Å². The standard InChI is InChI=1S/C21H24ClN3O4S/c1-14-19(4-3-5-20(14)23-15(2)26)21(27)25-12-10-17(11-13-25)24-30(28,29)18-8-6-16(22)7-9-18/h3-9,17,24H,10-13H2,1-2H3,(H,23,26). The van der Waals surface area contributed by atoms with E-state index in [9.17, 15) is 18.0 Å². The summed E-state index contributed by atoms with van der Waals surface area (Å²) in [6, 6.07) is 11.0. The molecule has 3 rings (SSSR count). The van der Waals surface area contributed by atoms with E-state index in [1.165, 1.54) is 31.2 Å². The number of anilines is 1. The molecule has 160 valence electrons. The number of nitrogens with zero attached hydrogens (tertiary/aromatic N) is 1. The Hall–Kier alpha value is -2.42. The summed E-state index contributed by atoms with van der Waals surface area (Å²) < 4.78 is 27.8. The number of carbonyl (C=O) groups excluding carboxylic acids is 2. The zero-order valence-corrected chi connectivity index (χ0v) is 18.4. The van der Waals surface area contributed by atoms with Crippen LogP contribution in [0.2, 0.25) is 5.02 Å². The van der Waals surface area contributed by atoms with E-state index in [0.29, 0.717) is 47.8 Å². The normalized spacial score (nSPS) is 15.1. The summed E-state index contributed by atoms with van der Waals surface area (Å²) in [5.74, 6) is -0.324. The maximum atomic E-state index is 13.0. The Morgan fingerprint density at radius 1 is 1.07 bits per heavy atom. The number of carbonyl (C=O) groups is 2. The van der Waals surface area contributed by atoms with E-state index in [1.807, 2.05) is 0 Å². The molecule has 0 atom stereocenters. The molecule has 0 unspecified atom stereocenters. The summed E-state index contributed by atoms with van der Waals surface area (Å²) in [5, 5.41) is 3.20. The maximum absolute atomic E-state index is 13.0. The van der Waals surface area contributed by atoms with E-state index in [1.54, 1.807) is 30.0 Å². The Morgan fingerprint density at radius 2 is 1.70 bits per heavy atom. The fraction of sp³-hybridized carbons (Fsp3) is 0.333. The Labute approximate surface area is 181 Å². The van der Waals surface area contributed by atoms with Crippen molar-refractivity contribution in [2.45, 2.75) is 37.6 Å². The van der Waals surface area contributed by atoms with Crippen LogP contribution < -0.4 is 10.0 Å². The first-order chi connectivity index (χ1) is 14.2. The van der Waals surface area contributed by atoms with Gasteiger partial charge in [0.25, 0.3) is 5.91 Å². The van der Waals surface area contributed by atoms with Crippen molar-refractivity contribution < 1.29 is 18.0 Å². The van der Waals surface area contributed by atoms with Gasteiger partial charge in [0.15, 0.2) is 0 Å². The largest absolute Gasteiger partial charge is 0.339 e. The van der Waals surface area contributed by atoms with Gasteiger partial charge in [-0.1, -0.05) is 17.7 Å². The van der Waals surface area contributed by atoms with Crippen LogP contribution >= 0.6 is 11.6 Å². The highest BCUT2D eigenvalue weighted by molar-refractivity contribution is 7.89. The molecule has 0 aliphatic carbocycles. The third-order valence-electron chi connectivity index (χ3n) is 5.10. The Balaban J connectivity index is 1.63. The minimum absolute atomic E-state index is 0.126. The molecule has 9 heteroatoms. The zero-order valence-electron chi connectivity index (χ0n) is 16.8. The molecule has 1 aliphatic rings. The first-order valence-corrected chi connectivity index (χ1v) is 11.5. The van der Waals surface area contributed by atoms with Crippen LogP contribution in [0.4, 0.5) is 5.69 Å².